The highest BCUT2D eigenvalue weighted by atomic mass is 35.5. The smallest absolute Gasteiger partial charge is 0.272 e. The second-order valence-electron chi connectivity index (χ2n) is 5.59. The highest BCUT2D eigenvalue weighted by molar-refractivity contribution is 6.31. The van der Waals surface area contributed by atoms with Gasteiger partial charge in [0.25, 0.3) is 5.69 Å². The molecule has 0 amide bonds. The van der Waals surface area contributed by atoms with Gasteiger partial charge in [-0.3, -0.25) is 20.5 Å². The van der Waals surface area contributed by atoms with Crippen LogP contribution < -0.4 is 5.43 Å². The van der Waals surface area contributed by atoms with E-state index in [1.54, 1.807) is 38.2 Å². The minimum absolute atomic E-state index is 0.0797. The molecule has 0 aliphatic carbocycles. The molecule has 0 aliphatic heterocycles. The minimum Gasteiger partial charge on any atom is -0.277 e. The zero-order valence-electron chi connectivity index (χ0n) is 13.7. The van der Waals surface area contributed by atoms with Gasteiger partial charge >= 0.3 is 0 Å². The fourth-order valence-electron chi connectivity index (χ4n) is 2.46. The molecule has 1 aromatic heterocycles. The number of nitrogens with zero attached hydrogens (tertiary/aromatic N) is 3. The largest absolute Gasteiger partial charge is 0.277 e. The predicted molar refractivity (Wildman–Crippen MR) is 100 cm³/mol. The van der Waals surface area contributed by atoms with E-state index in [0.717, 1.165) is 16.6 Å². The summed E-state index contributed by atoms with van der Waals surface area (Å²) < 4.78 is 0. The number of nitro groups is 1. The van der Waals surface area contributed by atoms with Crippen molar-refractivity contribution in [2.75, 3.05) is 5.43 Å². The molecule has 0 radical (unpaired) electrons. The van der Waals surface area contributed by atoms with Crippen LogP contribution in [-0.2, 0) is 0 Å². The summed E-state index contributed by atoms with van der Waals surface area (Å²) in [6, 6.07) is 12.3. The molecule has 0 aliphatic rings. The Hall–Kier alpha value is -2.99. The normalized spacial score (nSPS) is 11.6. The predicted octanol–water partition coefficient (Wildman–Crippen LogP) is 4.94. The molecule has 0 spiro atoms. The topological polar surface area (TPSA) is 80.4 Å². The number of nitrogens with one attached hydrogen (secondary N) is 1. The second kappa shape index (κ2) is 6.86. The van der Waals surface area contributed by atoms with Gasteiger partial charge in [0, 0.05) is 33.8 Å². The van der Waals surface area contributed by atoms with Gasteiger partial charge in [0.05, 0.1) is 21.8 Å². The monoisotopic (exact) mass is 354 g/mol. The Bertz CT molecular complexity index is 1000. The van der Waals surface area contributed by atoms with Crippen LogP contribution in [0, 0.1) is 17.0 Å². The maximum absolute atomic E-state index is 11.1. The van der Waals surface area contributed by atoms with Crippen molar-refractivity contribution in [2.45, 2.75) is 13.8 Å². The van der Waals surface area contributed by atoms with E-state index in [-0.39, 0.29) is 10.6 Å². The van der Waals surface area contributed by atoms with Crippen LogP contribution in [0.4, 0.5) is 11.4 Å². The number of hydrogen-bond donors (Lipinski definition) is 1. The number of nitro benzene ring substituents is 1. The summed E-state index contributed by atoms with van der Waals surface area (Å²) in [6.07, 6.45) is 1.67. The van der Waals surface area contributed by atoms with Crippen molar-refractivity contribution < 1.29 is 4.92 Å². The van der Waals surface area contributed by atoms with Crippen molar-refractivity contribution in [1.82, 2.24) is 4.98 Å². The molecule has 25 heavy (non-hydrogen) atoms. The minimum atomic E-state index is -0.389. The number of pyridine rings is 1. The Morgan fingerprint density at radius 2 is 2.04 bits per heavy atom. The van der Waals surface area contributed by atoms with E-state index in [0.29, 0.717) is 21.9 Å². The van der Waals surface area contributed by atoms with Crippen LogP contribution in [0.5, 0.6) is 0 Å². The molecule has 1 N–H and O–H groups in total. The Kier molecular flexibility index (Phi) is 4.63. The quantitative estimate of drug-likeness (QED) is 0.408. The van der Waals surface area contributed by atoms with E-state index in [1.807, 2.05) is 18.2 Å². The molecule has 6 nitrogen and oxygen atoms in total. The number of fused-ring (bicyclic) bond motifs is 1. The van der Waals surface area contributed by atoms with Crippen molar-refractivity contribution in [3.05, 3.63) is 74.9 Å². The fraction of sp³-hybridized carbons (Fsp3) is 0.111. The van der Waals surface area contributed by atoms with Crippen molar-refractivity contribution >= 4 is 39.6 Å². The van der Waals surface area contributed by atoms with Crippen molar-refractivity contribution in [3.8, 4) is 0 Å². The first-order valence-electron chi connectivity index (χ1n) is 7.55. The Morgan fingerprint density at radius 3 is 2.80 bits per heavy atom. The molecular weight excluding hydrogens is 340 g/mol. The van der Waals surface area contributed by atoms with Crippen LogP contribution in [0.15, 0.2) is 53.8 Å². The van der Waals surface area contributed by atoms with Crippen molar-refractivity contribution in [1.29, 1.82) is 0 Å². The summed E-state index contributed by atoms with van der Waals surface area (Å²) in [5.74, 6) is 0. The van der Waals surface area contributed by atoms with Gasteiger partial charge in [0.2, 0.25) is 0 Å². The molecule has 126 valence electrons. The molecule has 7 heteroatoms. The van der Waals surface area contributed by atoms with E-state index in [1.165, 1.54) is 6.07 Å². The lowest BCUT2D eigenvalue weighted by molar-refractivity contribution is -0.385. The van der Waals surface area contributed by atoms with E-state index in [9.17, 15) is 10.1 Å². The van der Waals surface area contributed by atoms with Crippen molar-refractivity contribution in [2.24, 2.45) is 5.10 Å². The summed E-state index contributed by atoms with van der Waals surface area (Å²) in [6.45, 7) is 3.50. The van der Waals surface area contributed by atoms with Gasteiger partial charge in [-0.2, -0.15) is 5.10 Å². The van der Waals surface area contributed by atoms with Crippen LogP contribution >= 0.6 is 11.6 Å². The number of halogens is 1. The average Bonchev–Trinajstić information content (AvgIpc) is 2.59. The molecule has 0 fully saturated rings. The standard InChI is InChI=1S/C18H15ClN4O2/c1-11-3-4-13(9-18(11)23(24)25)12(2)21-22-16-7-8-20-17-10-14(19)5-6-15(16)17/h3-10H,1-2H3,(H,20,22). The third-order valence-electron chi connectivity index (χ3n) is 3.87. The Morgan fingerprint density at radius 1 is 1.24 bits per heavy atom. The first-order valence-corrected chi connectivity index (χ1v) is 7.93. The van der Waals surface area contributed by atoms with Crippen LogP contribution in [0.2, 0.25) is 5.02 Å². The van der Waals surface area contributed by atoms with E-state index in [4.69, 9.17) is 11.6 Å². The van der Waals surface area contributed by atoms with Crippen LogP contribution in [0.1, 0.15) is 18.1 Å². The number of rotatable bonds is 4. The Balaban J connectivity index is 1.92. The SMILES string of the molecule is CC(=NNc1ccnc2cc(Cl)ccc12)c1ccc(C)c([N+](=O)[O-])c1. The molecule has 1 heterocycles. The second-order valence-corrected chi connectivity index (χ2v) is 6.02. The lowest BCUT2D eigenvalue weighted by Gasteiger charge is -2.07. The molecule has 0 bridgehead atoms. The number of anilines is 1. The number of hydrazone groups is 1. The summed E-state index contributed by atoms with van der Waals surface area (Å²) in [7, 11) is 0. The zero-order chi connectivity index (χ0) is 18.0. The van der Waals surface area contributed by atoms with Crippen LogP contribution in [0.3, 0.4) is 0 Å². The molecule has 0 unspecified atom stereocenters. The fourth-order valence-corrected chi connectivity index (χ4v) is 2.62. The third-order valence-corrected chi connectivity index (χ3v) is 4.11. The lowest BCUT2D eigenvalue weighted by Crippen LogP contribution is -2.02. The number of benzene rings is 2. The number of aromatic nitrogens is 1. The van der Waals surface area contributed by atoms with Gasteiger partial charge in [0.1, 0.15) is 0 Å². The maximum atomic E-state index is 11.1. The molecule has 0 saturated carbocycles. The van der Waals surface area contributed by atoms with E-state index in [2.05, 4.69) is 15.5 Å². The van der Waals surface area contributed by atoms with E-state index >= 15 is 0 Å². The third kappa shape index (κ3) is 3.59. The highest BCUT2D eigenvalue weighted by Gasteiger charge is 2.12. The van der Waals surface area contributed by atoms with Gasteiger partial charge < -0.3 is 0 Å². The average molecular weight is 355 g/mol. The number of hydrogen-bond acceptors (Lipinski definition) is 5. The maximum Gasteiger partial charge on any atom is 0.272 e. The summed E-state index contributed by atoms with van der Waals surface area (Å²) >= 11 is 5.99. The number of aryl methyl sites for hydroxylation is 1. The van der Waals surface area contributed by atoms with Gasteiger partial charge in [-0.05, 0) is 38.1 Å². The first kappa shape index (κ1) is 16.9. The van der Waals surface area contributed by atoms with Crippen LogP contribution in [-0.4, -0.2) is 15.6 Å². The Labute approximate surface area is 149 Å². The van der Waals surface area contributed by atoms with Gasteiger partial charge in [0.15, 0.2) is 0 Å². The summed E-state index contributed by atoms with van der Waals surface area (Å²) in [5.41, 5.74) is 6.57. The molecule has 3 rings (SSSR count). The molecule has 3 aromatic rings. The van der Waals surface area contributed by atoms with Gasteiger partial charge in [-0.15, -0.1) is 0 Å². The van der Waals surface area contributed by atoms with Crippen molar-refractivity contribution in [3.63, 3.8) is 0 Å². The molecular formula is C18H15ClN4O2. The van der Waals surface area contributed by atoms with Crippen LogP contribution in [0.25, 0.3) is 10.9 Å². The molecule has 0 saturated heterocycles. The van der Waals surface area contributed by atoms with E-state index < -0.39 is 0 Å². The lowest BCUT2D eigenvalue weighted by atomic mass is 10.1. The van der Waals surface area contributed by atoms with Gasteiger partial charge in [-0.25, -0.2) is 0 Å². The first-order chi connectivity index (χ1) is 12.0. The highest BCUT2D eigenvalue weighted by Crippen LogP contribution is 2.25. The molecule has 0 atom stereocenters. The van der Waals surface area contributed by atoms with Gasteiger partial charge in [-0.1, -0.05) is 23.7 Å². The molecule has 2 aromatic carbocycles. The summed E-state index contributed by atoms with van der Waals surface area (Å²) in [5, 5.41) is 16.9. The zero-order valence-corrected chi connectivity index (χ0v) is 14.4. The summed E-state index contributed by atoms with van der Waals surface area (Å²) in [4.78, 5) is 15.0.